The molecule has 1 unspecified atom stereocenters. The van der Waals surface area contributed by atoms with Crippen molar-refractivity contribution >= 4 is 9.84 Å². The van der Waals surface area contributed by atoms with Gasteiger partial charge in [0, 0.05) is 18.9 Å². The zero-order valence-electron chi connectivity index (χ0n) is 9.03. The van der Waals surface area contributed by atoms with Gasteiger partial charge in [-0.3, -0.25) is 0 Å². The van der Waals surface area contributed by atoms with Gasteiger partial charge >= 0.3 is 0 Å². The van der Waals surface area contributed by atoms with E-state index in [0.29, 0.717) is 26.0 Å². The van der Waals surface area contributed by atoms with Crippen molar-refractivity contribution in [2.75, 3.05) is 24.7 Å². The fourth-order valence-electron chi connectivity index (χ4n) is 1.23. The standard InChI is InChI=1S/C9H21NO3S/c1-3-6-14(11,12)7-5-9(8-10)13-4-2/h9H,3-8,10H2,1-2H3. The molecule has 0 aliphatic rings. The Balaban J connectivity index is 3.89. The van der Waals surface area contributed by atoms with E-state index in [9.17, 15) is 8.42 Å². The molecule has 86 valence electrons. The summed E-state index contributed by atoms with van der Waals surface area (Å²) in [7, 11) is -2.89. The van der Waals surface area contributed by atoms with Gasteiger partial charge in [-0.15, -0.1) is 0 Å². The van der Waals surface area contributed by atoms with E-state index in [1.54, 1.807) is 0 Å². The molecule has 0 fully saturated rings. The van der Waals surface area contributed by atoms with E-state index in [1.807, 2.05) is 13.8 Å². The molecule has 0 aliphatic heterocycles. The molecule has 1 atom stereocenters. The lowest BCUT2D eigenvalue weighted by molar-refractivity contribution is 0.0671. The lowest BCUT2D eigenvalue weighted by Gasteiger charge is -2.14. The Morgan fingerprint density at radius 2 is 1.93 bits per heavy atom. The van der Waals surface area contributed by atoms with Crippen molar-refractivity contribution in [1.29, 1.82) is 0 Å². The van der Waals surface area contributed by atoms with Gasteiger partial charge in [0.1, 0.15) is 9.84 Å². The van der Waals surface area contributed by atoms with Crippen molar-refractivity contribution in [1.82, 2.24) is 0 Å². The molecule has 0 aliphatic carbocycles. The Morgan fingerprint density at radius 3 is 2.36 bits per heavy atom. The van der Waals surface area contributed by atoms with Crippen LogP contribution >= 0.6 is 0 Å². The summed E-state index contributed by atoms with van der Waals surface area (Å²) in [6, 6.07) is 0. The number of ether oxygens (including phenoxy) is 1. The number of hydrogen-bond acceptors (Lipinski definition) is 4. The van der Waals surface area contributed by atoms with E-state index in [2.05, 4.69) is 0 Å². The quantitative estimate of drug-likeness (QED) is 0.653. The lowest BCUT2D eigenvalue weighted by atomic mass is 10.3. The first kappa shape index (κ1) is 13.9. The zero-order valence-corrected chi connectivity index (χ0v) is 9.85. The number of nitrogens with two attached hydrogens (primary N) is 1. The molecule has 14 heavy (non-hydrogen) atoms. The van der Waals surface area contributed by atoms with Gasteiger partial charge in [-0.05, 0) is 19.8 Å². The van der Waals surface area contributed by atoms with Crippen LogP contribution in [-0.4, -0.2) is 39.2 Å². The van der Waals surface area contributed by atoms with Crippen LogP contribution in [0, 0.1) is 0 Å². The number of hydrogen-bond donors (Lipinski definition) is 1. The summed E-state index contributed by atoms with van der Waals surface area (Å²) in [5.41, 5.74) is 5.44. The molecule has 5 heteroatoms. The van der Waals surface area contributed by atoms with Crippen LogP contribution in [0.3, 0.4) is 0 Å². The van der Waals surface area contributed by atoms with Crippen LogP contribution in [0.2, 0.25) is 0 Å². The van der Waals surface area contributed by atoms with Crippen molar-refractivity contribution in [3.05, 3.63) is 0 Å². The third-order valence-corrected chi connectivity index (χ3v) is 3.82. The van der Waals surface area contributed by atoms with Crippen LogP contribution < -0.4 is 5.73 Å². The molecule has 4 nitrogen and oxygen atoms in total. The Labute approximate surface area is 86.7 Å². The molecule has 0 aromatic carbocycles. The predicted octanol–water partition coefficient (Wildman–Crippen LogP) is 0.565. The number of rotatable bonds is 8. The van der Waals surface area contributed by atoms with E-state index in [0.717, 1.165) is 0 Å². The average molecular weight is 223 g/mol. The van der Waals surface area contributed by atoms with Gasteiger partial charge in [-0.1, -0.05) is 6.92 Å². The second-order valence-electron chi connectivity index (χ2n) is 3.25. The first-order chi connectivity index (χ1) is 6.55. The summed E-state index contributed by atoms with van der Waals surface area (Å²) >= 11 is 0. The van der Waals surface area contributed by atoms with Gasteiger partial charge in [0.2, 0.25) is 0 Å². The second kappa shape index (κ2) is 7.20. The Morgan fingerprint density at radius 1 is 1.29 bits per heavy atom. The zero-order chi connectivity index (χ0) is 11.0. The molecule has 0 radical (unpaired) electrons. The molecule has 2 N–H and O–H groups in total. The van der Waals surface area contributed by atoms with E-state index < -0.39 is 9.84 Å². The van der Waals surface area contributed by atoms with Crippen LogP contribution in [0.4, 0.5) is 0 Å². The lowest BCUT2D eigenvalue weighted by Crippen LogP contribution is -2.27. The molecule has 0 aromatic heterocycles. The van der Waals surface area contributed by atoms with Crippen molar-refractivity contribution < 1.29 is 13.2 Å². The van der Waals surface area contributed by atoms with E-state index in [-0.39, 0.29) is 17.6 Å². The summed E-state index contributed by atoms with van der Waals surface area (Å²) in [6.07, 6.45) is 1.06. The summed E-state index contributed by atoms with van der Waals surface area (Å²) < 4.78 is 28.0. The minimum Gasteiger partial charge on any atom is -0.377 e. The van der Waals surface area contributed by atoms with Crippen LogP contribution in [0.25, 0.3) is 0 Å². The van der Waals surface area contributed by atoms with Crippen LogP contribution in [0.1, 0.15) is 26.7 Å². The monoisotopic (exact) mass is 223 g/mol. The molecule has 0 spiro atoms. The normalized spacial score (nSPS) is 14.2. The van der Waals surface area contributed by atoms with Crippen LogP contribution in [0.5, 0.6) is 0 Å². The molecule has 0 rings (SSSR count). The van der Waals surface area contributed by atoms with Crippen molar-refractivity contribution in [3.8, 4) is 0 Å². The minimum absolute atomic E-state index is 0.119. The highest BCUT2D eigenvalue weighted by atomic mass is 32.2. The largest absolute Gasteiger partial charge is 0.377 e. The molecular weight excluding hydrogens is 202 g/mol. The van der Waals surface area contributed by atoms with E-state index in [4.69, 9.17) is 10.5 Å². The molecule has 0 bridgehead atoms. The maximum Gasteiger partial charge on any atom is 0.150 e. The maximum atomic E-state index is 11.4. The molecule has 0 saturated heterocycles. The molecular formula is C9H21NO3S. The third kappa shape index (κ3) is 6.34. The summed E-state index contributed by atoms with van der Waals surface area (Å²) in [6.45, 7) is 4.70. The van der Waals surface area contributed by atoms with Gasteiger partial charge < -0.3 is 10.5 Å². The third-order valence-electron chi connectivity index (χ3n) is 1.93. The molecule has 0 saturated carbocycles. The highest BCUT2D eigenvalue weighted by Crippen LogP contribution is 2.02. The topological polar surface area (TPSA) is 69.4 Å². The highest BCUT2D eigenvalue weighted by molar-refractivity contribution is 7.91. The fourth-order valence-corrected chi connectivity index (χ4v) is 2.68. The predicted molar refractivity (Wildman–Crippen MR) is 58.0 cm³/mol. The smallest absolute Gasteiger partial charge is 0.150 e. The minimum atomic E-state index is -2.89. The maximum absolute atomic E-state index is 11.4. The highest BCUT2D eigenvalue weighted by Gasteiger charge is 2.13. The van der Waals surface area contributed by atoms with Gasteiger partial charge in [0.15, 0.2) is 0 Å². The van der Waals surface area contributed by atoms with Crippen molar-refractivity contribution in [2.24, 2.45) is 5.73 Å². The summed E-state index contributed by atoms with van der Waals surface area (Å²) in [4.78, 5) is 0. The average Bonchev–Trinajstić information content (AvgIpc) is 2.12. The van der Waals surface area contributed by atoms with Crippen LogP contribution in [-0.2, 0) is 14.6 Å². The Kier molecular flexibility index (Phi) is 7.13. The Bertz CT molecular complexity index is 226. The van der Waals surface area contributed by atoms with Crippen molar-refractivity contribution in [3.63, 3.8) is 0 Å². The van der Waals surface area contributed by atoms with Crippen molar-refractivity contribution in [2.45, 2.75) is 32.8 Å². The van der Waals surface area contributed by atoms with Gasteiger partial charge in [0.05, 0.1) is 11.9 Å². The SMILES string of the molecule is CCCS(=O)(=O)CCC(CN)OCC. The van der Waals surface area contributed by atoms with Gasteiger partial charge in [-0.25, -0.2) is 8.42 Å². The number of sulfone groups is 1. The second-order valence-corrected chi connectivity index (χ2v) is 5.56. The molecule has 0 amide bonds. The molecule has 0 aromatic rings. The van der Waals surface area contributed by atoms with E-state index in [1.165, 1.54) is 0 Å². The first-order valence-corrected chi connectivity index (χ1v) is 6.90. The first-order valence-electron chi connectivity index (χ1n) is 5.07. The Hall–Kier alpha value is -0.130. The van der Waals surface area contributed by atoms with Gasteiger partial charge in [0.25, 0.3) is 0 Å². The summed E-state index contributed by atoms with van der Waals surface area (Å²) in [5, 5.41) is 0. The van der Waals surface area contributed by atoms with Crippen LogP contribution in [0.15, 0.2) is 0 Å². The van der Waals surface area contributed by atoms with Gasteiger partial charge in [-0.2, -0.15) is 0 Å². The van der Waals surface area contributed by atoms with E-state index >= 15 is 0 Å². The fraction of sp³-hybridized carbons (Fsp3) is 1.00. The molecule has 0 heterocycles. The summed E-state index contributed by atoms with van der Waals surface area (Å²) in [5.74, 6) is 0.444.